The Kier molecular flexibility index (Phi) is 2.33. The lowest BCUT2D eigenvalue weighted by Gasteiger charge is -2.26. The summed E-state index contributed by atoms with van der Waals surface area (Å²) in [6.45, 7) is 7.67. The van der Waals surface area contributed by atoms with Crippen LogP contribution in [0.25, 0.3) is 0 Å². The summed E-state index contributed by atoms with van der Waals surface area (Å²) in [6, 6.07) is 0. The zero-order chi connectivity index (χ0) is 9.35. The zero-order valence-corrected chi connectivity index (χ0v) is 8.16. The van der Waals surface area contributed by atoms with Gasteiger partial charge in [0.2, 0.25) is 0 Å². The topological polar surface area (TPSA) is 28.4 Å². The van der Waals surface area contributed by atoms with Gasteiger partial charge in [-0.15, -0.1) is 0 Å². The molecule has 0 atom stereocenters. The van der Waals surface area contributed by atoms with E-state index in [-0.39, 0.29) is 11.2 Å². The summed E-state index contributed by atoms with van der Waals surface area (Å²) in [5.41, 5.74) is 0.413. The number of carbonyl (C=O) groups excluding carboxylic acids is 2. The zero-order valence-electron chi connectivity index (χ0n) is 7.35. The van der Waals surface area contributed by atoms with Crippen molar-refractivity contribution in [1.29, 1.82) is 0 Å². The molecule has 1 saturated carbocycles. The van der Waals surface area contributed by atoms with Gasteiger partial charge in [-0.3, -0.25) is 4.79 Å². The summed E-state index contributed by atoms with van der Waals surface area (Å²) in [7, 11) is 0. The molecule has 1 fully saturated rings. The molecule has 3 heteroatoms. The highest BCUT2D eigenvalue weighted by atomic mass is 32.1. The van der Waals surface area contributed by atoms with Gasteiger partial charge in [0.05, 0.1) is 6.42 Å². The fraction of sp³-hybridized carbons (Fsp3) is 0.556. The van der Waals surface area contributed by atoms with Crippen LogP contribution in [-0.2, 0) is 21.6 Å². The Hall–Kier alpha value is -0.700. The summed E-state index contributed by atoms with van der Waals surface area (Å²) >= 11 is 4.45. The Bertz CT molecular complexity index is 264. The molecule has 0 aliphatic heterocycles. The van der Waals surface area contributed by atoms with Crippen LogP contribution in [0.3, 0.4) is 0 Å². The molecule has 0 unspecified atom stereocenters. The van der Waals surface area contributed by atoms with E-state index in [1.54, 1.807) is 0 Å². The molecule has 1 aliphatic carbocycles. The number of hydrogen-bond acceptors (Lipinski definition) is 2. The van der Waals surface area contributed by atoms with Crippen molar-refractivity contribution in [2.45, 2.75) is 26.7 Å². The summed E-state index contributed by atoms with van der Waals surface area (Å²) in [4.78, 5) is 11.3. The van der Waals surface area contributed by atoms with Gasteiger partial charge < -0.3 is 3.87 Å². The van der Waals surface area contributed by atoms with Gasteiger partial charge >= 0.3 is 5.78 Å². The Balaban J connectivity index is 2.94. The van der Waals surface area contributed by atoms with Crippen LogP contribution in [0.1, 0.15) is 26.7 Å². The second-order valence-electron chi connectivity index (χ2n) is 3.93. The molecule has 1 aliphatic rings. The molecule has 0 radical (unpaired) electrons. The average molecular weight is 184 g/mol. The highest BCUT2D eigenvalue weighted by molar-refractivity contribution is 7.50. The summed E-state index contributed by atoms with van der Waals surface area (Å²) in [5.74, 6) is 0.609. The minimum Gasteiger partial charge on any atom is -0.352 e. The second kappa shape index (κ2) is 2.98. The van der Waals surface area contributed by atoms with Crippen LogP contribution < -0.4 is 0 Å². The fourth-order valence-electron chi connectivity index (χ4n) is 1.38. The number of rotatable bonds is 0. The standard InChI is InChI=1S/C9H12O2S/c1-6-7(10)4-9(2,3)5-8(6)11-12/h1,4-5H2,2-3H3. The van der Waals surface area contributed by atoms with E-state index in [4.69, 9.17) is 0 Å². The monoisotopic (exact) mass is 184 g/mol. The molecule has 0 heterocycles. The van der Waals surface area contributed by atoms with Gasteiger partial charge in [-0.2, -0.15) is 0 Å². The number of ketones is 2. The molecular formula is C9H12O2S. The van der Waals surface area contributed by atoms with E-state index in [0.717, 1.165) is 0 Å². The second-order valence-corrected chi connectivity index (χ2v) is 4.09. The molecule has 0 aromatic rings. The predicted molar refractivity (Wildman–Crippen MR) is 49.5 cm³/mol. The van der Waals surface area contributed by atoms with E-state index in [2.05, 4.69) is 23.4 Å². The molecule has 2 nitrogen and oxygen atoms in total. The quantitative estimate of drug-likeness (QED) is 0.247. The van der Waals surface area contributed by atoms with E-state index in [1.165, 1.54) is 0 Å². The molecule has 66 valence electrons. The number of hydrogen-bond donors (Lipinski definition) is 0. The lowest BCUT2D eigenvalue weighted by Crippen LogP contribution is -2.31. The highest BCUT2D eigenvalue weighted by Gasteiger charge is 2.38. The molecule has 12 heavy (non-hydrogen) atoms. The minimum absolute atomic E-state index is 0.0353. The van der Waals surface area contributed by atoms with Gasteiger partial charge in [-0.05, 0) is 5.41 Å². The Labute approximate surface area is 78.0 Å². The van der Waals surface area contributed by atoms with Gasteiger partial charge in [0, 0.05) is 6.42 Å². The molecule has 0 bridgehead atoms. The molecule has 1 rings (SSSR count). The smallest absolute Gasteiger partial charge is 0.311 e. The maximum atomic E-state index is 11.3. The van der Waals surface area contributed by atoms with Gasteiger partial charge in [0.25, 0.3) is 0 Å². The lowest BCUT2D eigenvalue weighted by atomic mass is 9.74. The maximum Gasteiger partial charge on any atom is 0.311 e. The van der Waals surface area contributed by atoms with E-state index >= 15 is 0 Å². The van der Waals surface area contributed by atoms with Crippen LogP contribution in [0.2, 0.25) is 0 Å². The van der Waals surface area contributed by atoms with Crippen LogP contribution in [-0.4, -0.2) is 11.6 Å². The van der Waals surface area contributed by atoms with Gasteiger partial charge in [-0.1, -0.05) is 20.4 Å². The van der Waals surface area contributed by atoms with Crippen molar-refractivity contribution in [3.05, 3.63) is 12.2 Å². The van der Waals surface area contributed by atoms with Crippen LogP contribution in [0.15, 0.2) is 12.2 Å². The Morgan fingerprint density at radius 2 is 2.08 bits per heavy atom. The maximum absolute atomic E-state index is 11.3. The Morgan fingerprint density at radius 1 is 1.50 bits per heavy atom. The van der Waals surface area contributed by atoms with Crippen molar-refractivity contribution in [3.63, 3.8) is 0 Å². The summed E-state index contributed by atoms with van der Waals surface area (Å²) in [6.07, 6.45) is 1.25. The van der Waals surface area contributed by atoms with E-state index in [1.807, 2.05) is 13.8 Å². The first-order valence-electron chi connectivity index (χ1n) is 3.84. The SMILES string of the molecule is C=C1C(=O)CC(C)(C)CC1=[O+][S-]. The lowest BCUT2D eigenvalue weighted by molar-refractivity contribution is -0.244. The van der Waals surface area contributed by atoms with Gasteiger partial charge in [0.15, 0.2) is 5.78 Å². The van der Waals surface area contributed by atoms with E-state index in [9.17, 15) is 4.79 Å². The molecule has 0 saturated heterocycles. The number of carbonyl (C=O) groups is 1. The van der Waals surface area contributed by atoms with E-state index in [0.29, 0.717) is 24.2 Å². The average Bonchev–Trinajstić information content (AvgIpc) is 1.96. The molecule has 0 aromatic heterocycles. The van der Waals surface area contributed by atoms with E-state index < -0.39 is 0 Å². The third-order valence-electron chi connectivity index (χ3n) is 2.05. The first-order valence-corrected chi connectivity index (χ1v) is 4.18. The summed E-state index contributed by atoms with van der Waals surface area (Å²) < 4.78 is 4.69. The van der Waals surface area contributed by atoms with Crippen molar-refractivity contribution in [2.24, 2.45) is 5.41 Å². The Morgan fingerprint density at radius 3 is 2.58 bits per heavy atom. The van der Waals surface area contributed by atoms with Crippen LogP contribution >= 0.6 is 0 Å². The van der Waals surface area contributed by atoms with Crippen molar-refractivity contribution in [2.75, 3.05) is 0 Å². The fourth-order valence-corrected chi connectivity index (χ4v) is 1.54. The van der Waals surface area contributed by atoms with Crippen LogP contribution in [0, 0.1) is 5.41 Å². The van der Waals surface area contributed by atoms with Crippen LogP contribution in [0.5, 0.6) is 0 Å². The van der Waals surface area contributed by atoms with Crippen molar-refractivity contribution >= 4 is 24.5 Å². The third-order valence-corrected chi connectivity index (χ3v) is 2.25. The van der Waals surface area contributed by atoms with Crippen LogP contribution in [0.4, 0.5) is 0 Å². The number of allylic oxidation sites excluding steroid dienone is 1. The molecule has 0 N–H and O–H groups in total. The van der Waals surface area contributed by atoms with Crippen molar-refractivity contribution in [3.8, 4) is 0 Å². The largest absolute Gasteiger partial charge is 0.352 e. The molecular weight excluding hydrogens is 172 g/mol. The van der Waals surface area contributed by atoms with Crippen molar-refractivity contribution in [1.82, 2.24) is 0 Å². The van der Waals surface area contributed by atoms with Crippen molar-refractivity contribution < 1.29 is 8.67 Å². The third kappa shape index (κ3) is 1.72. The first kappa shape index (κ1) is 9.39. The predicted octanol–water partition coefficient (Wildman–Crippen LogP) is 1.50. The first-order chi connectivity index (χ1) is 5.46. The molecule has 0 amide bonds. The molecule has 0 spiro atoms. The summed E-state index contributed by atoms with van der Waals surface area (Å²) in [5, 5.41) is 0. The molecule has 0 aromatic carbocycles. The normalized spacial score (nSPS) is 26.3. The highest BCUT2D eigenvalue weighted by Crippen LogP contribution is 2.33. The van der Waals surface area contributed by atoms with Gasteiger partial charge in [-0.25, -0.2) is 12.9 Å². The number of Topliss-reactive ketones (excluding diaryl/α,β-unsaturated/α-hetero) is 1. The minimum atomic E-state index is -0.0353. The van der Waals surface area contributed by atoms with Gasteiger partial charge in [0.1, 0.15) is 5.57 Å².